The number of hydrogen-bond acceptors (Lipinski definition) is 2. The zero-order valence-electron chi connectivity index (χ0n) is 8.09. The minimum Gasteiger partial charge on any atom is -0.398 e. The Balaban J connectivity index is 2.05. The standard InChI is InChI=1S/C11H15BrN2/c12-10-6-5-9(7-11(10)13)14-8-3-1-2-4-8/h5-8,14H,1-4,13H2. The molecule has 0 saturated heterocycles. The average Bonchev–Trinajstić information content (AvgIpc) is 2.64. The molecule has 14 heavy (non-hydrogen) atoms. The smallest absolute Gasteiger partial charge is 0.0479 e. The topological polar surface area (TPSA) is 38.0 Å². The van der Waals surface area contributed by atoms with Crippen LogP contribution in [0.4, 0.5) is 11.4 Å². The Kier molecular flexibility index (Phi) is 2.96. The van der Waals surface area contributed by atoms with Gasteiger partial charge in [-0.3, -0.25) is 0 Å². The summed E-state index contributed by atoms with van der Waals surface area (Å²) in [6.07, 6.45) is 5.28. The Labute approximate surface area is 93.0 Å². The number of nitrogens with two attached hydrogens (primary N) is 1. The Hall–Kier alpha value is -0.700. The van der Waals surface area contributed by atoms with Gasteiger partial charge in [0.15, 0.2) is 0 Å². The van der Waals surface area contributed by atoms with Crippen LogP contribution in [0, 0.1) is 0 Å². The van der Waals surface area contributed by atoms with E-state index in [0.717, 1.165) is 15.8 Å². The zero-order chi connectivity index (χ0) is 9.97. The van der Waals surface area contributed by atoms with Crippen LogP contribution in [0.15, 0.2) is 22.7 Å². The van der Waals surface area contributed by atoms with E-state index in [-0.39, 0.29) is 0 Å². The van der Waals surface area contributed by atoms with Gasteiger partial charge in [-0.2, -0.15) is 0 Å². The van der Waals surface area contributed by atoms with Crippen LogP contribution in [0.5, 0.6) is 0 Å². The summed E-state index contributed by atoms with van der Waals surface area (Å²) >= 11 is 3.39. The van der Waals surface area contributed by atoms with E-state index in [1.807, 2.05) is 12.1 Å². The van der Waals surface area contributed by atoms with Crippen LogP contribution in [0.2, 0.25) is 0 Å². The molecule has 1 aromatic carbocycles. The van der Waals surface area contributed by atoms with Crippen LogP contribution in [0.3, 0.4) is 0 Å². The van der Waals surface area contributed by atoms with Gasteiger partial charge in [-0.25, -0.2) is 0 Å². The van der Waals surface area contributed by atoms with Gasteiger partial charge in [0.05, 0.1) is 0 Å². The maximum absolute atomic E-state index is 5.81. The van der Waals surface area contributed by atoms with Gasteiger partial charge in [-0.05, 0) is 47.0 Å². The average molecular weight is 255 g/mol. The van der Waals surface area contributed by atoms with E-state index >= 15 is 0 Å². The molecule has 0 radical (unpaired) electrons. The van der Waals surface area contributed by atoms with Crippen molar-refractivity contribution in [2.75, 3.05) is 11.1 Å². The number of nitrogen functional groups attached to an aromatic ring is 1. The SMILES string of the molecule is Nc1cc(NC2CCCC2)ccc1Br. The van der Waals surface area contributed by atoms with Gasteiger partial charge in [-0.15, -0.1) is 0 Å². The first-order valence-electron chi connectivity index (χ1n) is 5.07. The minimum absolute atomic E-state index is 0.649. The summed E-state index contributed by atoms with van der Waals surface area (Å²) in [5.74, 6) is 0. The fourth-order valence-corrected chi connectivity index (χ4v) is 2.19. The van der Waals surface area contributed by atoms with Crippen LogP contribution in [-0.4, -0.2) is 6.04 Å². The molecule has 0 unspecified atom stereocenters. The second-order valence-corrected chi connectivity index (χ2v) is 4.72. The first kappa shape index (κ1) is 9.84. The monoisotopic (exact) mass is 254 g/mol. The molecule has 2 rings (SSSR count). The molecule has 0 atom stereocenters. The molecule has 2 nitrogen and oxygen atoms in total. The molecular weight excluding hydrogens is 240 g/mol. The maximum Gasteiger partial charge on any atom is 0.0479 e. The summed E-state index contributed by atoms with van der Waals surface area (Å²) in [4.78, 5) is 0. The van der Waals surface area contributed by atoms with E-state index in [2.05, 4.69) is 27.3 Å². The van der Waals surface area contributed by atoms with Gasteiger partial charge < -0.3 is 11.1 Å². The lowest BCUT2D eigenvalue weighted by Crippen LogP contribution is -2.14. The van der Waals surface area contributed by atoms with Crippen LogP contribution in [0.25, 0.3) is 0 Å². The van der Waals surface area contributed by atoms with E-state index in [4.69, 9.17) is 5.73 Å². The van der Waals surface area contributed by atoms with E-state index in [1.54, 1.807) is 0 Å². The van der Waals surface area contributed by atoms with Crippen molar-refractivity contribution in [1.82, 2.24) is 0 Å². The molecule has 1 aromatic rings. The molecule has 0 bridgehead atoms. The lowest BCUT2D eigenvalue weighted by molar-refractivity contribution is 0.755. The fourth-order valence-electron chi connectivity index (χ4n) is 1.94. The first-order valence-corrected chi connectivity index (χ1v) is 5.86. The lowest BCUT2D eigenvalue weighted by Gasteiger charge is -2.14. The van der Waals surface area contributed by atoms with Gasteiger partial charge in [0, 0.05) is 21.9 Å². The predicted molar refractivity (Wildman–Crippen MR) is 64.4 cm³/mol. The Morgan fingerprint density at radius 1 is 1.29 bits per heavy atom. The summed E-state index contributed by atoms with van der Waals surface area (Å²) in [7, 11) is 0. The van der Waals surface area contributed by atoms with Crippen LogP contribution < -0.4 is 11.1 Å². The Morgan fingerprint density at radius 2 is 2.00 bits per heavy atom. The van der Waals surface area contributed by atoms with Crippen molar-refractivity contribution in [1.29, 1.82) is 0 Å². The van der Waals surface area contributed by atoms with Gasteiger partial charge in [0.2, 0.25) is 0 Å². The molecular formula is C11H15BrN2. The molecule has 76 valence electrons. The lowest BCUT2D eigenvalue weighted by atomic mass is 10.2. The third-order valence-electron chi connectivity index (χ3n) is 2.72. The highest BCUT2D eigenvalue weighted by atomic mass is 79.9. The van der Waals surface area contributed by atoms with Crippen molar-refractivity contribution in [2.45, 2.75) is 31.7 Å². The number of benzene rings is 1. The van der Waals surface area contributed by atoms with Crippen molar-refractivity contribution in [3.8, 4) is 0 Å². The van der Waals surface area contributed by atoms with Crippen molar-refractivity contribution in [3.05, 3.63) is 22.7 Å². The predicted octanol–water partition coefficient (Wildman–Crippen LogP) is 3.39. The minimum atomic E-state index is 0.649. The molecule has 1 fully saturated rings. The van der Waals surface area contributed by atoms with Crippen LogP contribution in [0.1, 0.15) is 25.7 Å². The van der Waals surface area contributed by atoms with Gasteiger partial charge >= 0.3 is 0 Å². The van der Waals surface area contributed by atoms with E-state index < -0.39 is 0 Å². The summed E-state index contributed by atoms with van der Waals surface area (Å²) in [6.45, 7) is 0. The number of hydrogen-bond donors (Lipinski definition) is 2. The maximum atomic E-state index is 5.81. The zero-order valence-corrected chi connectivity index (χ0v) is 9.68. The van der Waals surface area contributed by atoms with E-state index in [0.29, 0.717) is 6.04 Å². The second kappa shape index (κ2) is 4.22. The van der Waals surface area contributed by atoms with Gasteiger partial charge in [-0.1, -0.05) is 12.8 Å². The highest BCUT2D eigenvalue weighted by Gasteiger charge is 2.14. The normalized spacial score (nSPS) is 17.2. The number of rotatable bonds is 2. The van der Waals surface area contributed by atoms with Crippen molar-refractivity contribution < 1.29 is 0 Å². The number of anilines is 2. The Bertz CT molecular complexity index is 319. The molecule has 0 amide bonds. The van der Waals surface area contributed by atoms with E-state index in [9.17, 15) is 0 Å². The van der Waals surface area contributed by atoms with Crippen molar-refractivity contribution >= 4 is 27.3 Å². The molecule has 0 heterocycles. The second-order valence-electron chi connectivity index (χ2n) is 3.86. The van der Waals surface area contributed by atoms with Crippen molar-refractivity contribution in [2.24, 2.45) is 0 Å². The molecule has 1 aliphatic rings. The molecule has 1 saturated carbocycles. The van der Waals surface area contributed by atoms with E-state index in [1.165, 1.54) is 25.7 Å². The largest absolute Gasteiger partial charge is 0.398 e. The summed E-state index contributed by atoms with van der Waals surface area (Å²) in [5, 5.41) is 3.51. The molecule has 0 aliphatic heterocycles. The summed E-state index contributed by atoms with van der Waals surface area (Å²) in [6, 6.07) is 6.70. The summed E-state index contributed by atoms with van der Waals surface area (Å²) in [5.41, 5.74) is 7.74. The quantitative estimate of drug-likeness (QED) is 0.795. The highest BCUT2D eigenvalue weighted by molar-refractivity contribution is 9.10. The highest BCUT2D eigenvalue weighted by Crippen LogP contribution is 2.26. The Morgan fingerprint density at radius 3 is 2.64 bits per heavy atom. The first-order chi connectivity index (χ1) is 6.75. The molecule has 3 heteroatoms. The molecule has 1 aliphatic carbocycles. The third kappa shape index (κ3) is 2.21. The third-order valence-corrected chi connectivity index (χ3v) is 3.44. The van der Waals surface area contributed by atoms with Crippen LogP contribution in [-0.2, 0) is 0 Å². The number of halogens is 1. The molecule has 3 N–H and O–H groups in total. The van der Waals surface area contributed by atoms with Gasteiger partial charge in [0.1, 0.15) is 0 Å². The van der Waals surface area contributed by atoms with Crippen molar-refractivity contribution in [3.63, 3.8) is 0 Å². The molecule has 0 aromatic heterocycles. The van der Waals surface area contributed by atoms with Gasteiger partial charge in [0.25, 0.3) is 0 Å². The molecule has 0 spiro atoms. The number of nitrogens with one attached hydrogen (secondary N) is 1. The van der Waals surface area contributed by atoms with Crippen LogP contribution >= 0.6 is 15.9 Å². The fraction of sp³-hybridized carbons (Fsp3) is 0.455. The summed E-state index contributed by atoms with van der Waals surface area (Å²) < 4.78 is 0.967.